The monoisotopic (exact) mass is 320 g/mol. The van der Waals surface area contributed by atoms with Crippen molar-refractivity contribution in [1.29, 1.82) is 0 Å². The molecular formula is C20H20N2O2. The summed E-state index contributed by atoms with van der Waals surface area (Å²) in [5.41, 5.74) is 5.20. The Hall–Kier alpha value is -2.62. The van der Waals surface area contributed by atoms with E-state index in [-0.39, 0.29) is 18.2 Å². The van der Waals surface area contributed by atoms with Gasteiger partial charge < -0.3 is 5.32 Å². The molecule has 1 N–H and O–H groups in total. The van der Waals surface area contributed by atoms with Gasteiger partial charge in [0.05, 0.1) is 5.70 Å². The van der Waals surface area contributed by atoms with Crippen LogP contribution in [-0.4, -0.2) is 11.8 Å². The molecule has 0 saturated heterocycles. The third kappa shape index (κ3) is 2.68. The molecule has 1 aromatic carbocycles. The molecule has 4 rings (SSSR count). The van der Waals surface area contributed by atoms with Gasteiger partial charge in [-0.25, -0.2) is 0 Å². The fourth-order valence-electron chi connectivity index (χ4n) is 3.72. The molecule has 0 fully saturated rings. The van der Waals surface area contributed by atoms with Gasteiger partial charge in [0, 0.05) is 17.8 Å². The van der Waals surface area contributed by atoms with Crippen molar-refractivity contribution in [2.24, 2.45) is 0 Å². The molecule has 0 spiro atoms. The van der Waals surface area contributed by atoms with E-state index in [1.54, 1.807) is 4.90 Å². The minimum Gasteiger partial charge on any atom is -0.327 e. The first kappa shape index (κ1) is 14.9. The van der Waals surface area contributed by atoms with Crippen LogP contribution in [-0.2, 0) is 9.59 Å². The van der Waals surface area contributed by atoms with Gasteiger partial charge in [0.2, 0.25) is 11.8 Å². The van der Waals surface area contributed by atoms with Gasteiger partial charge in [-0.15, -0.1) is 0 Å². The number of amides is 2. The number of hydrogen-bond donors (Lipinski definition) is 1. The van der Waals surface area contributed by atoms with Gasteiger partial charge in [-0.2, -0.15) is 0 Å². The third-order valence-corrected chi connectivity index (χ3v) is 4.88. The first-order valence-electron chi connectivity index (χ1n) is 8.52. The van der Waals surface area contributed by atoms with E-state index in [1.165, 1.54) is 24.0 Å². The number of carbonyl (C=O) groups excluding carboxylic acids is 2. The van der Waals surface area contributed by atoms with E-state index < -0.39 is 0 Å². The van der Waals surface area contributed by atoms with Crippen LogP contribution in [0.3, 0.4) is 0 Å². The van der Waals surface area contributed by atoms with Gasteiger partial charge in [0.15, 0.2) is 0 Å². The summed E-state index contributed by atoms with van der Waals surface area (Å²) < 4.78 is 0. The normalized spacial score (nSPS) is 21.1. The number of anilines is 1. The summed E-state index contributed by atoms with van der Waals surface area (Å²) in [5, 5.41) is 2.98. The van der Waals surface area contributed by atoms with E-state index in [0.717, 1.165) is 36.3 Å². The Labute approximate surface area is 141 Å². The van der Waals surface area contributed by atoms with Crippen molar-refractivity contribution in [3.8, 4) is 0 Å². The van der Waals surface area contributed by atoms with Crippen LogP contribution in [0.5, 0.6) is 0 Å². The van der Waals surface area contributed by atoms with Crippen molar-refractivity contribution in [2.45, 2.75) is 38.5 Å². The van der Waals surface area contributed by atoms with E-state index in [9.17, 15) is 9.59 Å². The zero-order valence-electron chi connectivity index (χ0n) is 13.5. The smallest absolute Gasteiger partial charge is 0.241 e. The molecule has 1 aliphatic heterocycles. The molecule has 122 valence electrons. The van der Waals surface area contributed by atoms with Gasteiger partial charge in [0.1, 0.15) is 6.42 Å². The lowest BCUT2D eigenvalue weighted by molar-refractivity contribution is -0.126. The van der Waals surface area contributed by atoms with Gasteiger partial charge in [-0.1, -0.05) is 29.8 Å². The molecule has 2 aliphatic carbocycles. The molecular weight excluding hydrogens is 300 g/mol. The van der Waals surface area contributed by atoms with E-state index in [2.05, 4.69) is 11.4 Å². The number of nitrogens with zero attached hydrogens (tertiary/aromatic N) is 1. The Bertz CT molecular complexity index is 787. The Balaban J connectivity index is 1.82. The Morgan fingerprint density at radius 2 is 1.71 bits per heavy atom. The summed E-state index contributed by atoms with van der Waals surface area (Å²) in [6.45, 7) is 0. The molecule has 0 unspecified atom stereocenters. The zero-order chi connectivity index (χ0) is 16.5. The first-order valence-corrected chi connectivity index (χ1v) is 8.52. The summed E-state index contributed by atoms with van der Waals surface area (Å²) in [7, 11) is 0. The fourth-order valence-corrected chi connectivity index (χ4v) is 3.72. The molecule has 3 aliphatic rings. The van der Waals surface area contributed by atoms with Crippen LogP contribution < -0.4 is 10.2 Å². The lowest BCUT2D eigenvalue weighted by Gasteiger charge is -2.23. The summed E-state index contributed by atoms with van der Waals surface area (Å²) >= 11 is 0. The number of carbonyl (C=O) groups is 2. The molecule has 2 amide bonds. The predicted octanol–water partition coefficient (Wildman–Crippen LogP) is 3.58. The number of rotatable bonds is 1. The highest BCUT2D eigenvalue weighted by Crippen LogP contribution is 2.35. The fraction of sp³-hybridized carbons (Fsp3) is 0.300. The number of allylic oxidation sites excluding steroid dienone is 4. The summed E-state index contributed by atoms with van der Waals surface area (Å²) in [6, 6.07) is 9.56. The average molecular weight is 320 g/mol. The van der Waals surface area contributed by atoms with E-state index >= 15 is 0 Å². The van der Waals surface area contributed by atoms with Crippen molar-refractivity contribution >= 4 is 17.5 Å². The van der Waals surface area contributed by atoms with Crippen molar-refractivity contribution in [2.75, 3.05) is 4.90 Å². The third-order valence-electron chi connectivity index (χ3n) is 4.88. The molecule has 4 nitrogen and oxygen atoms in total. The maximum Gasteiger partial charge on any atom is 0.241 e. The van der Waals surface area contributed by atoms with E-state index in [0.29, 0.717) is 0 Å². The molecule has 0 atom stereocenters. The van der Waals surface area contributed by atoms with Crippen LogP contribution in [0, 0.1) is 0 Å². The standard InChI is InChI=1S/C20H20N2O2/c23-19-13-20(24)22(16-8-2-1-3-9-16)18-11-10-14-6-4-5-7-15(14)12-17(18)21-19/h1-3,8-11H,4-7,12-13H2,(H,21,23). The quantitative estimate of drug-likeness (QED) is 0.804. The molecule has 0 radical (unpaired) electrons. The second-order valence-electron chi connectivity index (χ2n) is 6.50. The molecule has 0 saturated carbocycles. The molecule has 24 heavy (non-hydrogen) atoms. The van der Waals surface area contributed by atoms with Crippen LogP contribution >= 0.6 is 0 Å². The van der Waals surface area contributed by atoms with Gasteiger partial charge in [-0.3, -0.25) is 14.5 Å². The van der Waals surface area contributed by atoms with Crippen LogP contribution in [0.25, 0.3) is 0 Å². The summed E-state index contributed by atoms with van der Waals surface area (Å²) in [4.78, 5) is 26.5. The zero-order valence-corrected chi connectivity index (χ0v) is 13.5. The van der Waals surface area contributed by atoms with Crippen molar-refractivity contribution in [3.63, 3.8) is 0 Å². The van der Waals surface area contributed by atoms with E-state index in [1.807, 2.05) is 36.4 Å². The van der Waals surface area contributed by atoms with Crippen molar-refractivity contribution in [1.82, 2.24) is 5.32 Å². The van der Waals surface area contributed by atoms with Crippen LogP contribution in [0.2, 0.25) is 0 Å². The minimum absolute atomic E-state index is 0.123. The highest BCUT2D eigenvalue weighted by molar-refractivity contribution is 6.09. The van der Waals surface area contributed by atoms with Crippen molar-refractivity contribution in [3.05, 3.63) is 65.0 Å². The largest absolute Gasteiger partial charge is 0.327 e. The average Bonchev–Trinajstić information content (AvgIpc) is 2.82. The Morgan fingerprint density at radius 3 is 2.54 bits per heavy atom. The predicted molar refractivity (Wildman–Crippen MR) is 93.0 cm³/mol. The molecule has 1 heterocycles. The maximum absolute atomic E-state index is 12.7. The van der Waals surface area contributed by atoms with Gasteiger partial charge in [0.25, 0.3) is 0 Å². The van der Waals surface area contributed by atoms with E-state index in [4.69, 9.17) is 0 Å². The Morgan fingerprint density at radius 1 is 0.917 bits per heavy atom. The Kier molecular flexibility index (Phi) is 3.81. The number of para-hydroxylation sites is 1. The molecule has 0 bridgehead atoms. The SMILES string of the molecule is O=C1CC(=O)N(c2ccccc2)C2=C(CC3=C(C=C2)CCCC3)N1. The topological polar surface area (TPSA) is 49.4 Å². The second kappa shape index (κ2) is 6.11. The van der Waals surface area contributed by atoms with Crippen LogP contribution in [0.4, 0.5) is 5.69 Å². The molecule has 0 aromatic heterocycles. The lowest BCUT2D eigenvalue weighted by atomic mass is 9.90. The number of hydrogen-bond acceptors (Lipinski definition) is 2. The highest BCUT2D eigenvalue weighted by Gasteiger charge is 2.30. The highest BCUT2D eigenvalue weighted by atomic mass is 16.2. The van der Waals surface area contributed by atoms with Gasteiger partial charge in [-0.05, 0) is 49.5 Å². The second-order valence-corrected chi connectivity index (χ2v) is 6.50. The van der Waals surface area contributed by atoms with Crippen LogP contribution in [0.15, 0.2) is 65.0 Å². The molecule has 4 heteroatoms. The number of benzene rings is 1. The number of nitrogens with one attached hydrogen (secondary N) is 1. The summed E-state index contributed by atoms with van der Waals surface area (Å²) in [6.07, 6.45) is 9.30. The first-order chi connectivity index (χ1) is 11.7. The van der Waals surface area contributed by atoms with Gasteiger partial charge >= 0.3 is 0 Å². The minimum atomic E-state index is -0.223. The molecule has 1 aromatic rings. The lowest BCUT2D eigenvalue weighted by Crippen LogP contribution is -2.29. The summed E-state index contributed by atoms with van der Waals surface area (Å²) in [5.74, 6) is -0.410. The van der Waals surface area contributed by atoms with Crippen molar-refractivity contribution < 1.29 is 9.59 Å². The van der Waals surface area contributed by atoms with Crippen LogP contribution in [0.1, 0.15) is 38.5 Å². The maximum atomic E-state index is 12.7.